The average molecular weight is 285 g/mol. The van der Waals surface area contributed by atoms with Crippen molar-refractivity contribution >= 4 is 5.97 Å². The van der Waals surface area contributed by atoms with Gasteiger partial charge in [0.25, 0.3) is 0 Å². The molecule has 20 heavy (non-hydrogen) atoms. The molecule has 1 saturated carbocycles. The molecule has 0 amide bonds. The van der Waals surface area contributed by atoms with E-state index in [0.717, 1.165) is 45.6 Å². The highest BCUT2D eigenvalue weighted by atomic mass is 16.5. The molecule has 0 bridgehead atoms. The Morgan fingerprint density at radius 2 is 2.25 bits per heavy atom. The molecule has 5 nitrogen and oxygen atoms in total. The number of esters is 1. The third kappa shape index (κ3) is 3.71. The van der Waals surface area contributed by atoms with Gasteiger partial charge in [-0.15, -0.1) is 0 Å². The third-order valence-corrected chi connectivity index (χ3v) is 4.24. The maximum atomic E-state index is 12.2. The van der Waals surface area contributed by atoms with Gasteiger partial charge in [0.2, 0.25) is 0 Å². The predicted molar refractivity (Wildman–Crippen MR) is 75.6 cm³/mol. The summed E-state index contributed by atoms with van der Waals surface area (Å²) in [4.78, 5) is 12.2. The van der Waals surface area contributed by atoms with E-state index in [9.17, 15) is 4.79 Å². The molecule has 0 aromatic heterocycles. The molecular weight excluding hydrogens is 258 g/mol. The minimum absolute atomic E-state index is 0.128. The summed E-state index contributed by atoms with van der Waals surface area (Å²) in [5.74, 6) is 0.392. The Bertz CT molecular complexity index is 317. The van der Waals surface area contributed by atoms with Crippen LogP contribution in [0.2, 0.25) is 0 Å². The quantitative estimate of drug-likeness (QED) is 0.718. The Hall–Kier alpha value is -0.650. The van der Waals surface area contributed by atoms with Crippen molar-refractivity contribution in [3.05, 3.63) is 0 Å². The summed E-state index contributed by atoms with van der Waals surface area (Å²) in [7, 11) is 0. The second-order valence-corrected chi connectivity index (χ2v) is 5.76. The molecule has 1 saturated heterocycles. The standard InChI is InChI=1S/C15H27NO4/c1-3-16-15(14(17)19-4-2)7-5-13(9-15)20-11-12-6-8-18-10-12/h12-13,16H,3-11H2,1-2H3. The summed E-state index contributed by atoms with van der Waals surface area (Å²) < 4.78 is 16.6. The monoisotopic (exact) mass is 285 g/mol. The second-order valence-electron chi connectivity index (χ2n) is 5.76. The smallest absolute Gasteiger partial charge is 0.326 e. The topological polar surface area (TPSA) is 56.8 Å². The fraction of sp³-hybridized carbons (Fsp3) is 0.933. The van der Waals surface area contributed by atoms with Crippen LogP contribution in [0.25, 0.3) is 0 Å². The zero-order valence-corrected chi connectivity index (χ0v) is 12.7. The summed E-state index contributed by atoms with van der Waals surface area (Å²) in [6.07, 6.45) is 3.67. The van der Waals surface area contributed by atoms with E-state index >= 15 is 0 Å². The van der Waals surface area contributed by atoms with Gasteiger partial charge in [0.15, 0.2) is 0 Å². The second kappa shape index (κ2) is 7.38. The largest absolute Gasteiger partial charge is 0.465 e. The van der Waals surface area contributed by atoms with Crippen LogP contribution in [-0.4, -0.2) is 50.6 Å². The number of rotatable bonds is 7. The lowest BCUT2D eigenvalue weighted by atomic mass is 9.97. The Kier molecular flexibility index (Phi) is 5.81. The van der Waals surface area contributed by atoms with E-state index in [0.29, 0.717) is 18.9 Å². The van der Waals surface area contributed by atoms with Crippen LogP contribution in [0.5, 0.6) is 0 Å². The molecule has 0 spiro atoms. The van der Waals surface area contributed by atoms with Gasteiger partial charge in [0, 0.05) is 18.9 Å². The molecule has 3 unspecified atom stereocenters. The molecule has 1 aliphatic carbocycles. The van der Waals surface area contributed by atoms with Crippen molar-refractivity contribution < 1.29 is 19.0 Å². The Morgan fingerprint density at radius 1 is 1.40 bits per heavy atom. The maximum Gasteiger partial charge on any atom is 0.326 e. The molecule has 1 aliphatic heterocycles. The summed E-state index contributed by atoms with van der Waals surface area (Å²) in [5, 5.41) is 3.32. The van der Waals surface area contributed by atoms with Crippen molar-refractivity contribution in [2.24, 2.45) is 5.92 Å². The lowest BCUT2D eigenvalue weighted by molar-refractivity contribution is -0.151. The lowest BCUT2D eigenvalue weighted by Gasteiger charge is -2.27. The molecule has 2 fully saturated rings. The Balaban J connectivity index is 1.84. The van der Waals surface area contributed by atoms with Gasteiger partial charge >= 0.3 is 5.97 Å². The van der Waals surface area contributed by atoms with E-state index < -0.39 is 5.54 Å². The molecule has 116 valence electrons. The SMILES string of the molecule is CCNC1(C(=O)OCC)CCC(OCC2CCOC2)C1. The highest BCUT2D eigenvalue weighted by molar-refractivity contribution is 5.81. The van der Waals surface area contributed by atoms with Crippen molar-refractivity contribution in [3.8, 4) is 0 Å². The molecule has 3 atom stereocenters. The van der Waals surface area contributed by atoms with Crippen LogP contribution in [0.4, 0.5) is 0 Å². The van der Waals surface area contributed by atoms with E-state index in [1.807, 2.05) is 13.8 Å². The minimum Gasteiger partial charge on any atom is -0.465 e. The van der Waals surface area contributed by atoms with Crippen molar-refractivity contribution in [2.75, 3.05) is 33.0 Å². The van der Waals surface area contributed by atoms with Crippen molar-refractivity contribution in [1.29, 1.82) is 0 Å². The fourth-order valence-corrected chi connectivity index (χ4v) is 3.16. The van der Waals surface area contributed by atoms with Gasteiger partial charge in [-0.1, -0.05) is 6.92 Å². The maximum absolute atomic E-state index is 12.2. The van der Waals surface area contributed by atoms with Gasteiger partial charge in [0.05, 0.1) is 25.9 Å². The van der Waals surface area contributed by atoms with Crippen LogP contribution >= 0.6 is 0 Å². The van der Waals surface area contributed by atoms with E-state index in [1.54, 1.807) is 0 Å². The van der Waals surface area contributed by atoms with Crippen molar-refractivity contribution in [1.82, 2.24) is 5.32 Å². The summed E-state index contributed by atoms with van der Waals surface area (Å²) in [6.45, 7) is 7.46. The Labute approximate surface area is 121 Å². The van der Waals surface area contributed by atoms with Crippen LogP contribution < -0.4 is 5.32 Å². The van der Waals surface area contributed by atoms with Gasteiger partial charge in [0.1, 0.15) is 5.54 Å². The van der Waals surface area contributed by atoms with Crippen LogP contribution in [0, 0.1) is 5.92 Å². The van der Waals surface area contributed by atoms with Crippen LogP contribution in [0.3, 0.4) is 0 Å². The first kappa shape index (κ1) is 15.7. The molecule has 0 aromatic carbocycles. The van der Waals surface area contributed by atoms with Crippen LogP contribution in [0.15, 0.2) is 0 Å². The molecule has 0 aromatic rings. The van der Waals surface area contributed by atoms with E-state index in [4.69, 9.17) is 14.2 Å². The first-order valence-electron chi connectivity index (χ1n) is 7.81. The summed E-state index contributed by atoms with van der Waals surface area (Å²) >= 11 is 0. The minimum atomic E-state index is -0.540. The number of nitrogens with one attached hydrogen (secondary N) is 1. The third-order valence-electron chi connectivity index (χ3n) is 4.24. The first-order chi connectivity index (χ1) is 9.70. The molecule has 1 heterocycles. The average Bonchev–Trinajstić information content (AvgIpc) is 3.07. The number of carbonyl (C=O) groups excluding carboxylic acids is 1. The van der Waals surface area contributed by atoms with Gasteiger partial charge in [-0.25, -0.2) is 0 Å². The van der Waals surface area contributed by atoms with Crippen LogP contribution in [0.1, 0.15) is 39.5 Å². The fourth-order valence-electron chi connectivity index (χ4n) is 3.16. The molecule has 2 aliphatic rings. The number of ether oxygens (including phenoxy) is 3. The first-order valence-corrected chi connectivity index (χ1v) is 7.81. The highest BCUT2D eigenvalue weighted by Gasteiger charge is 2.46. The molecule has 2 rings (SSSR count). The van der Waals surface area contributed by atoms with E-state index in [2.05, 4.69) is 5.32 Å². The Morgan fingerprint density at radius 3 is 2.90 bits per heavy atom. The normalized spacial score (nSPS) is 33.5. The number of carbonyl (C=O) groups is 1. The van der Waals surface area contributed by atoms with E-state index in [1.165, 1.54) is 0 Å². The predicted octanol–water partition coefficient (Wildman–Crippen LogP) is 1.50. The number of hydrogen-bond donors (Lipinski definition) is 1. The number of likely N-dealkylation sites (N-methyl/N-ethyl adjacent to an activating group) is 1. The van der Waals surface area contributed by atoms with Crippen molar-refractivity contribution in [3.63, 3.8) is 0 Å². The molecular formula is C15H27NO4. The van der Waals surface area contributed by atoms with Gasteiger partial charge in [-0.3, -0.25) is 4.79 Å². The van der Waals surface area contributed by atoms with Gasteiger partial charge in [-0.05, 0) is 32.7 Å². The molecule has 5 heteroatoms. The van der Waals surface area contributed by atoms with E-state index in [-0.39, 0.29) is 12.1 Å². The summed E-state index contributed by atoms with van der Waals surface area (Å²) in [5.41, 5.74) is -0.540. The zero-order chi connectivity index (χ0) is 14.4. The lowest BCUT2D eigenvalue weighted by Crippen LogP contribution is -2.51. The highest BCUT2D eigenvalue weighted by Crippen LogP contribution is 2.33. The van der Waals surface area contributed by atoms with Crippen LogP contribution in [-0.2, 0) is 19.0 Å². The zero-order valence-electron chi connectivity index (χ0n) is 12.7. The van der Waals surface area contributed by atoms with Crippen molar-refractivity contribution in [2.45, 2.75) is 51.2 Å². The summed E-state index contributed by atoms with van der Waals surface area (Å²) in [6, 6.07) is 0. The molecule has 1 N–H and O–H groups in total. The number of hydrogen-bond acceptors (Lipinski definition) is 5. The molecule has 0 radical (unpaired) electrons. The van der Waals surface area contributed by atoms with Gasteiger partial charge < -0.3 is 19.5 Å². The van der Waals surface area contributed by atoms with Gasteiger partial charge in [-0.2, -0.15) is 0 Å².